The topological polar surface area (TPSA) is 199 Å². The van der Waals surface area contributed by atoms with Crippen LogP contribution in [0, 0.1) is 29.5 Å². The van der Waals surface area contributed by atoms with E-state index in [1.165, 1.54) is 66.6 Å². The van der Waals surface area contributed by atoms with Gasteiger partial charge in [-0.15, -0.1) is 0 Å². The van der Waals surface area contributed by atoms with E-state index >= 15 is 0 Å². The number of hydrogen-bond acceptors (Lipinski definition) is 7. The van der Waals surface area contributed by atoms with E-state index in [1.54, 1.807) is 38.1 Å². The first kappa shape index (κ1) is 50.6. The maximum absolute atomic E-state index is 14.1. The number of likely N-dealkylation sites (tertiary alicyclic amines) is 2. The fraction of sp³-hybridized carbons (Fsp3) is 0.362. The number of carboxylic acid groups (broad SMARTS) is 4. The highest BCUT2D eigenvalue weighted by Gasteiger charge is 2.62. The molecule has 0 aromatic heterocycles. The Hall–Kier alpha value is -5.41. The molecule has 2 heterocycles. The summed E-state index contributed by atoms with van der Waals surface area (Å²) in [4.78, 5) is 79.8. The monoisotopic (exact) mass is 974 g/mol. The van der Waals surface area contributed by atoms with Crippen molar-refractivity contribution < 1.29 is 58.3 Å². The summed E-state index contributed by atoms with van der Waals surface area (Å²) in [6.45, 7) is 7.25. The average molecular weight is 977 g/mol. The van der Waals surface area contributed by atoms with Crippen molar-refractivity contribution in [3.05, 3.63) is 133 Å². The van der Waals surface area contributed by atoms with Gasteiger partial charge in [-0.1, -0.05) is 98.4 Å². The van der Waals surface area contributed by atoms with Gasteiger partial charge in [0.25, 0.3) is 11.8 Å². The van der Waals surface area contributed by atoms with Gasteiger partial charge in [-0.05, 0) is 109 Å². The number of halogens is 5. The summed E-state index contributed by atoms with van der Waals surface area (Å²) < 4.78 is 19.3. The van der Waals surface area contributed by atoms with E-state index in [2.05, 4.69) is 0 Å². The van der Waals surface area contributed by atoms with Crippen LogP contribution in [0.5, 0.6) is 5.75 Å². The number of aliphatic carboxylic acids is 4. The Bertz CT molecular complexity index is 2510. The lowest BCUT2D eigenvalue weighted by atomic mass is 9.83. The van der Waals surface area contributed by atoms with Crippen molar-refractivity contribution in [3.63, 3.8) is 0 Å². The van der Waals surface area contributed by atoms with Crippen LogP contribution in [-0.4, -0.2) is 84.1 Å². The largest absolute Gasteiger partial charge is 0.497 e. The van der Waals surface area contributed by atoms with Crippen LogP contribution in [0.25, 0.3) is 0 Å². The lowest BCUT2D eigenvalue weighted by molar-refractivity contribution is -0.151. The van der Waals surface area contributed by atoms with Crippen molar-refractivity contribution in [1.82, 2.24) is 9.80 Å². The Morgan fingerprint density at radius 3 is 1.35 bits per heavy atom. The number of hydrogen-bond donors (Lipinski definition) is 4. The summed E-state index contributed by atoms with van der Waals surface area (Å²) in [5, 5.41) is 41.4. The minimum atomic E-state index is -1.81. The molecule has 346 valence electrons. The molecule has 2 aliphatic rings. The van der Waals surface area contributed by atoms with Gasteiger partial charge in [-0.3, -0.25) is 19.2 Å². The van der Waals surface area contributed by atoms with E-state index in [0.717, 1.165) is 11.0 Å². The van der Waals surface area contributed by atoms with Gasteiger partial charge >= 0.3 is 23.9 Å². The van der Waals surface area contributed by atoms with Gasteiger partial charge in [0.1, 0.15) is 22.6 Å². The standard InChI is InChI=1S/C24H25Cl2NO6.C23H22Cl2FNO5/c1-13(2)11-24(23(31)32)12-17(22(29)30)20(14-5-4-6-16(9-14)33-3)27(24)21(28)15-7-8-18(25)19(26)10-15;1-12(2)10-23(22(31)32)11-16(21(29)30)19(13-4-3-5-15(26)8-13)27(23)20(28)14-6-7-17(24)18(25)9-14/h4-10,13,17,20H,11-12H2,1-3H3,(H,29,30)(H,31,32);3-9,12,16,19H,10-11H2,1-2H3,(H,29,30)(H,31,32). The third-order valence-electron chi connectivity index (χ3n) is 11.7. The summed E-state index contributed by atoms with van der Waals surface area (Å²) in [5.41, 5.74) is -2.68. The number of carboxylic acids is 4. The number of rotatable bonds is 13. The molecule has 0 spiro atoms. The van der Waals surface area contributed by atoms with E-state index in [9.17, 15) is 53.6 Å². The molecule has 2 fully saturated rings. The number of carbonyl (C=O) groups excluding carboxylic acids is 2. The molecule has 0 radical (unpaired) electrons. The van der Waals surface area contributed by atoms with E-state index in [-0.39, 0.29) is 74.3 Å². The number of carbonyl (C=O) groups is 6. The molecule has 18 heteroatoms. The molecule has 0 saturated carbocycles. The smallest absolute Gasteiger partial charge is 0.329 e. The normalized spacial score (nSPS) is 22.6. The van der Waals surface area contributed by atoms with Crippen molar-refractivity contribution in [2.45, 2.75) is 76.5 Å². The van der Waals surface area contributed by atoms with Crippen LogP contribution in [0.4, 0.5) is 4.39 Å². The van der Waals surface area contributed by atoms with Crippen molar-refractivity contribution >= 4 is 82.1 Å². The van der Waals surface area contributed by atoms with Crippen LogP contribution in [0.3, 0.4) is 0 Å². The molecule has 4 N–H and O–H groups in total. The number of amides is 2. The highest BCUT2D eigenvalue weighted by Crippen LogP contribution is 2.52. The SMILES string of the molecule is CC(C)CC1(C(=O)O)CC(C(=O)O)C(c2cccc(F)c2)N1C(=O)c1ccc(Cl)c(Cl)c1.COc1cccc(C2C(C(=O)O)CC(CC(C)C)(C(=O)O)N2C(=O)c2ccc(Cl)c(Cl)c2)c1. The van der Waals surface area contributed by atoms with E-state index in [1.807, 2.05) is 13.8 Å². The molecule has 6 atom stereocenters. The van der Waals surface area contributed by atoms with E-state index in [0.29, 0.717) is 11.3 Å². The highest BCUT2D eigenvalue weighted by molar-refractivity contribution is 6.42. The molecular formula is C47H47Cl4FN2O11. The fourth-order valence-corrected chi connectivity index (χ4v) is 9.81. The van der Waals surface area contributed by atoms with Gasteiger partial charge in [0.2, 0.25) is 0 Å². The molecule has 4 aromatic carbocycles. The molecule has 6 rings (SSSR count). The van der Waals surface area contributed by atoms with Crippen molar-refractivity contribution in [2.75, 3.05) is 7.11 Å². The van der Waals surface area contributed by atoms with Crippen LogP contribution in [0.15, 0.2) is 84.9 Å². The van der Waals surface area contributed by atoms with Crippen molar-refractivity contribution in [1.29, 1.82) is 0 Å². The van der Waals surface area contributed by atoms with Crippen LogP contribution < -0.4 is 4.74 Å². The van der Waals surface area contributed by atoms with Crippen molar-refractivity contribution in [2.24, 2.45) is 23.7 Å². The molecule has 6 unspecified atom stereocenters. The molecule has 13 nitrogen and oxygen atoms in total. The van der Waals surface area contributed by atoms with Crippen LogP contribution in [0.1, 0.15) is 97.3 Å². The van der Waals surface area contributed by atoms with Crippen LogP contribution in [0.2, 0.25) is 20.1 Å². The van der Waals surface area contributed by atoms with Gasteiger partial charge < -0.3 is 35.0 Å². The third-order valence-corrected chi connectivity index (χ3v) is 13.2. The third kappa shape index (κ3) is 10.4. The van der Waals surface area contributed by atoms with Crippen molar-refractivity contribution in [3.8, 4) is 5.75 Å². The van der Waals surface area contributed by atoms with Gasteiger partial charge in [-0.25, -0.2) is 14.0 Å². The first-order chi connectivity index (χ1) is 30.5. The zero-order valence-corrected chi connectivity index (χ0v) is 38.8. The van der Waals surface area contributed by atoms with E-state index in [4.69, 9.17) is 51.1 Å². The Morgan fingerprint density at radius 2 is 1.02 bits per heavy atom. The molecule has 4 aromatic rings. The zero-order chi connectivity index (χ0) is 48.3. The lowest BCUT2D eigenvalue weighted by Crippen LogP contribution is -2.54. The Kier molecular flexibility index (Phi) is 15.9. The summed E-state index contributed by atoms with van der Waals surface area (Å²) in [7, 11) is 1.47. The maximum Gasteiger partial charge on any atom is 0.329 e. The van der Waals surface area contributed by atoms with Gasteiger partial charge in [0.05, 0.1) is 51.1 Å². The minimum absolute atomic E-state index is 0.0188. The molecule has 0 bridgehead atoms. The van der Waals surface area contributed by atoms with Gasteiger partial charge in [0, 0.05) is 11.1 Å². The average Bonchev–Trinajstić information content (AvgIpc) is 3.77. The minimum Gasteiger partial charge on any atom is -0.497 e. The molecule has 2 saturated heterocycles. The Labute approximate surface area is 394 Å². The summed E-state index contributed by atoms with van der Waals surface area (Å²) in [6, 6.07) is 18.0. The second-order valence-electron chi connectivity index (χ2n) is 17.0. The van der Waals surface area contributed by atoms with E-state index < -0.39 is 76.5 Å². The number of nitrogens with zero attached hydrogens (tertiary/aromatic N) is 2. The van der Waals surface area contributed by atoms with Gasteiger partial charge in [-0.2, -0.15) is 0 Å². The molecular weight excluding hydrogens is 929 g/mol. The van der Waals surface area contributed by atoms with Crippen LogP contribution in [-0.2, 0) is 19.2 Å². The maximum atomic E-state index is 14.1. The first-order valence-corrected chi connectivity index (χ1v) is 21.9. The van der Waals surface area contributed by atoms with Crippen LogP contribution >= 0.6 is 46.4 Å². The second-order valence-corrected chi connectivity index (χ2v) is 18.6. The summed E-state index contributed by atoms with van der Waals surface area (Å²) >= 11 is 24.2. The van der Waals surface area contributed by atoms with Gasteiger partial charge in [0.15, 0.2) is 0 Å². The summed E-state index contributed by atoms with van der Waals surface area (Å²) in [6.07, 6.45) is -0.445. The molecule has 65 heavy (non-hydrogen) atoms. The number of methoxy groups -OCH3 is 1. The zero-order valence-electron chi connectivity index (χ0n) is 35.8. The summed E-state index contributed by atoms with van der Waals surface area (Å²) in [5.74, 6) is -9.19. The highest BCUT2D eigenvalue weighted by atomic mass is 35.5. The molecule has 0 aliphatic carbocycles. The predicted octanol–water partition coefficient (Wildman–Crippen LogP) is 10.4. The Balaban J connectivity index is 0.000000244. The molecule has 2 aliphatic heterocycles. The molecule has 2 amide bonds. The number of ether oxygens (including phenoxy) is 1. The predicted molar refractivity (Wildman–Crippen MR) is 241 cm³/mol. The number of benzene rings is 4. The lowest BCUT2D eigenvalue weighted by Gasteiger charge is -2.39. The second kappa shape index (κ2) is 20.4. The fourth-order valence-electron chi connectivity index (χ4n) is 9.21. The Morgan fingerprint density at radius 1 is 0.615 bits per heavy atom. The quantitative estimate of drug-likeness (QED) is 0.0994. The first-order valence-electron chi connectivity index (χ1n) is 20.4.